The number of rotatable bonds is 8. The maximum atomic E-state index is 13.5. The summed E-state index contributed by atoms with van der Waals surface area (Å²) in [4.78, 5) is 13.5. The fourth-order valence-electron chi connectivity index (χ4n) is 7.83. The minimum absolute atomic E-state index is 0.133. The summed E-state index contributed by atoms with van der Waals surface area (Å²) in [6.07, 6.45) is 10.2. The number of aromatic nitrogens is 2. The minimum Gasteiger partial charge on any atom is -0.351 e. The molecule has 4 aliphatic carbocycles. The van der Waals surface area contributed by atoms with Gasteiger partial charge < -0.3 is 5.32 Å². The first-order valence-electron chi connectivity index (χ1n) is 14.0. The van der Waals surface area contributed by atoms with Crippen molar-refractivity contribution in [3.63, 3.8) is 0 Å². The first-order chi connectivity index (χ1) is 18.4. The SMILES string of the molecule is CCc1c(C(=O)NCCCC2C3CC4CC(C3)CC2C4)nn(-c2ccc(Cl)cc2Cl)c1-c1ccc(Cl)cc1. The molecule has 38 heavy (non-hydrogen) atoms. The van der Waals surface area contributed by atoms with Crippen LogP contribution in [0.4, 0.5) is 0 Å². The standard InChI is InChI=1S/C31H34Cl3N3O/c1-2-25-29(31(38)35-11-3-4-26-21-13-18-12-19(15-21)16-22(26)14-18)36-37(28-10-9-24(33)17-27(28)34)30(25)20-5-7-23(32)8-6-20/h5-10,17-19,21-22,26H,2-4,11-16H2,1H3,(H,35,38). The number of nitrogens with one attached hydrogen (secondary N) is 1. The molecule has 2 aromatic carbocycles. The molecule has 1 amide bonds. The Morgan fingerprint density at radius 2 is 1.61 bits per heavy atom. The van der Waals surface area contributed by atoms with Crippen LogP contribution in [0.15, 0.2) is 42.5 Å². The highest BCUT2D eigenvalue weighted by molar-refractivity contribution is 6.35. The van der Waals surface area contributed by atoms with Gasteiger partial charge in [-0.3, -0.25) is 4.79 Å². The van der Waals surface area contributed by atoms with Gasteiger partial charge in [0, 0.05) is 27.7 Å². The predicted molar refractivity (Wildman–Crippen MR) is 156 cm³/mol. The van der Waals surface area contributed by atoms with Crippen molar-refractivity contribution in [1.29, 1.82) is 0 Å². The highest BCUT2D eigenvalue weighted by Gasteiger charge is 2.47. The van der Waals surface area contributed by atoms with Crippen LogP contribution in [0.2, 0.25) is 15.1 Å². The molecule has 0 spiro atoms. The normalized spacial score (nSPS) is 25.6. The Morgan fingerprint density at radius 3 is 2.24 bits per heavy atom. The molecule has 200 valence electrons. The average Bonchev–Trinajstić information content (AvgIpc) is 3.27. The van der Waals surface area contributed by atoms with Gasteiger partial charge in [0.15, 0.2) is 5.69 Å². The maximum absolute atomic E-state index is 13.5. The van der Waals surface area contributed by atoms with E-state index in [1.807, 2.05) is 37.3 Å². The Labute approximate surface area is 240 Å². The first kappa shape index (κ1) is 26.2. The molecular formula is C31H34Cl3N3O. The summed E-state index contributed by atoms with van der Waals surface area (Å²) in [6.45, 7) is 2.73. The van der Waals surface area contributed by atoms with Crippen molar-refractivity contribution in [2.45, 2.75) is 58.3 Å². The molecule has 4 bridgehead atoms. The molecule has 0 saturated heterocycles. The van der Waals surface area contributed by atoms with Gasteiger partial charge in [0.25, 0.3) is 5.91 Å². The average molecular weight is 571 g/mol. The predicted octanol–water partition coefficient (Wildman–Crippen LogP) is 8.64. The van der Waals surface area contributed by atoms with E-state index in [-0.39, 0.29) is 5.91 Å². The van der Waals surface area contributed by atoms with Gasteiger partial charge in [-0.05, 0) is 111 Å². The number of amides is 1. The van der Waals surface area contributed by atoms with Crippen LogP contribution >= 0.6 is 34.8 Å². The Morgan fingerprint density at radius 1 is 0.947 bits per heavy atom. The summed E-state index contributed by atoms with van der Waals surface area (Å²) >= 11 is 18.9. The number of nitrogens with zero attached hydrogens (tertiary/aromatic N) is 2. The van der Waals surface area contributed by atoms with Crippen LogP contribution in [-0.2, 0) is 6.42 Å². The summed E-state index contributed by atoms with van der Waals surface area (Å²) < 4.78 is 1.77. The summed E-state index contributed by atoms with van der Waals surface area (Å²) in [5, 5.41) is 9.67. The Kier molecular flexibility index (Phi) is 7.50. The molecular weight excluding hydrogens is 537 g/mol. The lowest BCUT2D eigenvalue weighted by Gasteiger charge is -2.54. The highest BCUT2D eigenvalue weighted by Crippen LogP contribution is 2.57. The first-order valence-corrected chi connectivity index (χ1v) is 15.2. The summed E-state index contributed by atoms with van der Waals surface area (Å²) in [5.41, 5.74) is 3.77. The third-order valence-corrected chi connectivity index (χ3v) is 10.0. The smallest absolute Gasteiger partial charge is 0.272 e. The van der Waals surface area contributed by atoms with Crippen LogP contribution in [0, 0.1) is 29.6 Å². The minimum atomic E-state index is -0.133. The van der Waals surface area contributed by atoms with Gasteiger partial charge in [0.05, 0.1) is 16.4 Å². The molecule has 0 aliphatic heterocycles. The third kappa shape index (κ3) is 5.00. The molecule has 0 atom stereocenters. The molecule has 4 fully saturated rings. The third-order valence-electron chi connectivity index (χ3n) is 9.23. The zero-order valence-corrected chi connectivity index (χ0v) is 24.0. The second kappa shape index (κ2) is 10.9. The van der Waals surface area contributed by atoms with Gasteiger partial charge >= 0.3 is 0 Å². The molecule has 4 aliphatic rings. The van der Waals surface area contributed by atoms with E-state index in [0.717, 1.165) is 52.8 Å². The number of carbonyl (C=O) groups excluding carboxylic acids is 1. The number of hydrogen-bond donors (Lipinski definition) is 1. The van der Waals surface area contributed by atoms with Crippen molar-refractivity contribution in [2.24, 2.45) is 29.6 Å². The number of hydrogen-bond acceptors (Lipinski definition) is 2. The van der Waals surface area contributed by atoms with E-state index in [1.54, 1.807) is 16.8 Å². The lowest BCUT2D eigenvalue weighted by Crippen LogP contribution is -2.45. The monoisotopic (exact) mass is 569 g/mol. The Bertz CT molecular complexity index is 1300. The van der Waals surface area contributed by atoms with E-state index in [9.17, 15) is 4.79 Å². The Balaban J connectivity index is 1.22. The largest absolute Gasteiger partial charge is 0.351 e. The fraction of sp³-hybridized carbons (Fsp3) is 0.484. The van der Waals surface area contributed by atoms with Crippen molar-refractivity contribution in [3.8, 4) is 16.9 Å². The summed E-state index contributed by atoms with van der Waals surface area (Å²) in [6, 6.07) is 12.9. The Hall–Kier alpha value is -2.01. The van der Waals surface area contributed by atoms with Crippen molar-refractivity contribution < 1.29 is 4.79 Å². The van der Waals surface area contributed by atoms with Crippen LogP contribution in [0.3, 0.4) is 0 Å². The van der Waals surface area contributed by atoms with Gasteiger partial charge in [-0.15, -0.1) is 0 Å². The number of carbonyl (C=O) groups is 1. The van der Waals surface area contributed by atoms with Crippen LogP contribution in [0.1, 0.15) is 67.9 Å². The van der Waals surface area contributed by atoms with Crippen molar-refractivity contribution >= 4 is 40.7 Å². The van der Waals surface area contributed by atoms with E-state index in [0.29, 0.717) is 39.4 Å². The van der Waals surface area contributed by atoms with E-state index >= 15 is 0 Å². The summed E-state index contributed by atoms with van der Waals surface area (Å²) in [5.74, 6) is 4.57. The quantitative estimate of drug-likeness (QED) is 0.276. The van der Waals surface area contributed by atoms with Gasteiger partial charge in [-0.1, -0.05) is 53.9 Å². The molecule has 4 nitrogen and oxygen atoms in total. The topological polar surface area (TPSA) is 46.9 Å². The molecule has 4 saturated carbocycles. The van der Waals surface area contributed by atoms with Crippen LogP contribution in [0.25, 0.3) is 16.9 Å². The molecule has 1 aromatic heterocycles. The fourth-order valence-corrected chi connectivity index (χ4v) is 8.45. The van der Waals surface area contributed by atoms with Gasteiger partial charge in [0.2, 0.25) is 0 Å². The summed E-state index contributed by atoms with van der Waals surface area (Å²) in [7, 11) is 0. The van der Waals surface area contributed by atoms with Crippen molar-refractivity contribution in [3.05, 3.63) is 68.8 Å². The molecule has 0 unspecified atom stereocenters. The maximum Gasteiger partial charge on any atom is 0.272 e. The van der Waals surface area contributed by atoms with Crippen LogP contribution < -0.4 is 5.32 Å². The van der Waals surface area contributed by atoms with Gasteiger partial charge in [-0.2, -0.15) is 5.10 Å². The zero-order chi connectivity index (χ0) is 26.4. The second-order valence-corrected chi connectivity index (χ2v) is 12.8. The van der Waals surface area contributed by atoms with Crippen molar-refractivity contribution in [2.75, 3.05) is 6.54 Å². The highest BCUT2D eigenvalue weighted by atomic mass is 35.5. The van der Waals surface area contributed by atoms with Crippen LogP contribution in [-0.4, -0.2) is 22.2 Å². The van der Waals surface area contributed by atoms with Gasteiger partial charge in [-0.25, -0.2) is 4.68 Å². The molecule has 1 heterocycles. The second-order valence-electron chi connectivity index (χ2n) is 11.5. The van der Waals surface area contributed by atoms with Gasteiger partial charge in [0.1, 0.15) is 0 Å². The molecule has 7 heteroatoms. The number of benzene rings is 2. The van der Waals surface area contributed by atoms with E-state index < -0.39 is 0 Å². The molecule has 3 aromatic rings. The molecule has 7 rings (SSSR count). The lowest BCUT2D eigenvalue weighted by atomic mass is 9.51. The van der Waals surface area contributed by atoms with Crippen LogP contribution in [0.5, 0.6) is 0 Å². The van der Waals surface area contributed by atoms with Crippen molar-refractivity contribution in [1.82, 2.24) is 15.1 Å². The zero-order valence-electron chi connectivity index (χ0n) is 21.7. The lowest BCUT2D eigenvalue weighted by molar-refractivity contribution is -0.0401. The molecule has 1 N–H and O–H groups in total. The number of halogens is 3. The molecule has 0 radical (unpaired) electrons. The van der Waals surface area contributed by atoms with E-state index in [2.05, 4.69) is 5.32 Å². The van der Waals surface area contributed by atoms with E-state index in [4.69, 9.17) is 39.9 Å². The van der Waals surface area contributed by atoms with E-state index in [1.165, 1.54) is 38.5 Å².